The minimum absolute atomic E-state index is 0.258. The third kappa shape index (κ3) is 7.27. The van der Waals surface area contributed by atoms with E-state index in [1.165, 1.54) is 0 Å². The van der Waals surface area contributed by atoms with Gasteiger partial charge in [0, 0.05) is 6.07 Å². The van der Waals surface area contributed by atoms with E-state index in [0.29, 0.717) is 24.5 Å². The summed E-state index contributed by atoms with van der Waals surface area (Å²) in [6.45, 7) is 7.01. The van der Waals surface area contributed by atoms with Crippen LogP contribution in [0.3, 0.4) is 0 Å². The van der Waals surface area contributed by atoms with Gasteiger partial charge in [0.1, 0.15) is 18.1 Å². The second-order valence-electron chi connectivity index (χ2n) is 7.90. The summed E-state index contributed by atoms with van der Waals surface area (Å²) in [7, 11) is 0. The fourth-order valence-electron chi connectivity index (χ4n) is 3.07. The molecule has 0 aromatic heterocycles. The Labute approximate surface area is 174 Å². The molecule has 4 heteroatoms. The highest BCUT2D eigenvalue weighted by atomic mass is 16.5. The molecule has 154 valence electrons. The standard InChI is InChI=1S/C25H31NO3/c1-4-21-15-22(17-27)24(29-18-20-11-7-5-8-12-20)16-23(21)28-14-10-6-9-13-25(2,3)19-26/h5,7-8,11-12,15-17H,4,6,9-10,13-14,18H2,1-3H3. The van der Waals surface area contributed by atoms with Crippen molar-refractivity contribution in [2.24, 2.45) is 5.41 Å². The first-order chi connectivity index (χ1) is 14.0. The lowest BCUT2D eigenvalue weighted by Crippen LogP contribution is -2.08. The number of carbonyl (C=O) groups is 1. The predicted octanol–water partition coefficient (Wildman–Crippen LogP) is 6.13. The molecule has 4 nitrogen and oxygen atoms in total. The van der Waals surface area contributed by atoms with Gasteiger partial charge in [-0.15, -0.1) is 0 Å². The summed E-state index contributed by atoms with van der Waals surface area (Å²) in [5, 5.41) is 9.08. The van der Waals surface area contributed by atoms with Crippen LogP contribution in [-0.2, 0) is 13.0 Å². The molecule has 0 N–H and O–H groups in total. The van der Waals surface area contributed by atoms with Gasteiger partial charge in [0.05, 0.1) is 23.7 Å². The molecule has 0 amide bonds. The van der Waals surface area contributed by atoms with Crippen molar-refractivity contribution < 1.29 is 14.3 Å². The van der Waals surface area contributed by atoms with Gasteiger partial charge in [0.15, 0.2) is 6.29 Å². The van der Waals surface area contributed by atoms with Crippen LogP contribution in [0.4, 0.5) is 0 Å². The van der Waals surface area contributed by atoms with Crippen molar-refractivity contribution in [1.82, 2.24) is 0 Å². The number of benzene rings is 2. The monoisotopic (exact) mass is 393 g/mol. The molecule has 0 atom stereocenters. The Morgan fingerprint density at radius 2 is 1.79 bits per heavy atom. The zero-order valence-electron chi connectivity index (χ0n) is 17.7. The average molecular weight is 394 g/mol. The van der Waals surface area contributed by atoms with Gasteiger partial charge in [-0.1, -0.05) is 50.1 Å². The molecule has 0 aliphatic carbocycles. The minimum atomic E-state index is -0.258. The quantitative estimate of drug-likeness (QED) is 0.321. The zero-order valence-corrected chi connectivity index (χ0v) is 17.7. The van der Waals surface area contributed by atoms with Gasteiger partial charge in [-0.2, -0.15) is 5.26 Å². The maximum Gasteiger partial charge on any atom is 0.153 e. The first-order valence-corrected chi connectivity index (χ1v) is 10.3. The van der Waals surface area contributed by atoms with Gasteiger partial charge in [-0.3, -0.25) is 4.79 Å². The molecule has 0 radical (unpaired) electrons. The topological polar surface area (TPSA) is 59.3 Å². The van der Waals surface area contributed by atoms with Gasteiger partial charge < -0.3 is 9.47 Å². The largest absolute Gasteiger partial charge is 0.493 e. The Balaban J connectivity index is 1.95. The molecule has 2 aromatic rings. The second kappa shape index (κ2) is 11.3. The number of nitriles is 1. The molecule has 0 aliphatic heterocycles. The number of nitrogens with zero attached hydrogens (tertiary/aromatic N) is 1. The number of ether oxygens (including phenoxy) is 2. The summed E-state index contributed by atoms with van der Waals surface area (Å²) in [4.78, 5) is 11.5. The normalized spacial score (nSPS) is 11.0. The molecule has 0 saturated carbocycles. The predicted molar refractivity (Wildman–Crippen MR) is 115 cm³/mol. The lowest BCUT2D eigenvalue weighted by Gasteiger charge is -2.16. The van der Waals surface area contributed by atoms with Crippen LogP contribution in [0.2, 0.25) is 0 Å². The van der Waals surface area contributed by atoms with Crippen LogP contribution in [0.15, 0.2) is 42.5 Å². The molecular formula is C25H31NO3. The van der Waals surface area contributed by atoms with E-state index in [0.717, 1.165) is 55.3 Å². The highest BCUT2D eigenvalue weighted by Gasteiger charge is 2.15. The van der Waals surface area contributed by atoms with Crippen LogP contribution in [0.5, 0.6) is 11.5 Å². The molecule has 0 aliphatic rings. The minimum Gasteiger partial charge on any atom is -0.493 e. The van der Waals surface area contributed by atoms with E-state index in [1.807, 2.05) is 63.2 Å². The van der Waals surface area contributed by atoms with Gasteiger partial charge in [0.2, 0.25) is 0 Å². The van der Waals surface area contributed by atoms with E-state index < -0.39 is 0 Å². The van der Waals surface area contributed by atoms with E-state index in [1.54, 1.807) is 0 Å². The summed E-state index contributed by atoms with van der Waals surface area (Å²) in [5.74, 6) is 1.32. The Hall–Kier alpha value is -2.80. The van der Waals surface area contributed by atoms with Crippen molar-refractivity contribution in [3.63, 3.8) is 0 Å². The number of hydrogen-bond donors (Lipinski definition) is 0. The van der Waals surface area contributed by atoms with Crippen LogP contribution in [0, 0.1) is 16.7 Å². The zero-order chi connectivity index (χ0) is 21.1. The third-order valence-electron chi connectivity index (χ3n) is 4.94. The van der Waals surface area contributed by atoms with Crippen LogP contribution in [-0.4, -0.2) is 12.9 Å². The lowest BCUT2D eigenvalue weighted by atomic mass is 9.89. The van der Waals surface area contributed by atoms with Crippen LogP contribution < -0.4 is 9.47 Å². The fourth-order valence-corrected chi connectivity index (χ4v) is 3.07. The molecule has 2 aromatic carbocycles. The molecule has 29 heavy (non-hydrogen) atoms. The van der Waals surface area contributed by atoms with Gasteiger partial charge in [0.25, 0.3) is 0 Å². The molecule has 0 fully saturated rings. The van der Waals surface area contributed by atoms with E-state index in [2.05, 4.69) is 6.07 Å². The Kier molecular flexibility index (Phi) is 8.73. The molecule has 0 spiro atoms. The second-order valence-corrected chi connectivity index (χ2v) is 7.90. The lowest BCUT2D eigenvalue weighted by molar-refractivity contribution is 0.111. The number of carbonyl (C=O) groups excluding carboxylic acids is 1. The number of aryl methyl sites for hydroxylation is 1. The summed E-state index contributed by atoms with van der Waals surface area (Å²) in [6, 6.07) is 15.9. The maximum atomic E-state index is 11.5. The van der Waals surface area contributed by atoms with Crippen LogP contribution in [0.1, 0.15) is 67.9 Å². The highest BCUT2D eigenvalue weighted by Crippen LogP contribution is 2.30. The van der Waals surface area contributed by atoms with Crippen LogP contribution >= 0.6 is 0 Å². The van der Waals surface area contributed by atoms with Gasteiger partial charge >= 0.3 is 0 Å². The molecule has 0 saturated heterocycles. The summed E-state index contributed by atoms with van der Waals surface area (Å²) >= 11 is 0. The Morgan fingerprint density at radius 1 is 1.03 bits per heavy atom. The number of unbranched alkanes of at least 4 members (excludes halogenated alkanes) is 2. The van der Waals surface area contributed by atoms with Crippen molar-refractivity contribution >= 4 is 6.29 Å². The first-order valence-electron chi connectivity index (χ1n) is 10.3. The highest BCUT2D eigenvalue weighted by molar-refractivity contribution is 5.80. The van der Waals surface area contributed by atoms with E-state index in [-0.39, 0.29) is 5.41 Å². The van der Waals surface area contributed by atoms with Crippen molar-refractivity contribution in [2.45, 2.75) is 59.5 Å². The van der Waals surface area contributed by atoms with E-state index in [4.69, 9.17) is 14.7 Å². The maximum absolute atomic E-state index is 11.5. The van der Waals surface area contributed by atoms with Crippen LogP contribution in [0.25, 0.3) is 0 Å². The van der Waals surface area contributed by atoms with Crippen molar-refractivity contribution in [2.75, 3.05) is 6.61 Å². The molecule has 0 bridgehead atoms. The molecular weight excluding hydrogens is 362 g/mol. The Morgan fingerprint density at radius 3 is 2.45 bits per heavy atom. The Bertz CT molecular complexity index is 822. The fraction of sp³-hybridized carbons (Fsp3) is 0.440. The van der Waals surface area contributed by atoms with E-state index >= 15 is 0 Å². The van der Waals surface area contributed by atoms with Crippen molar-refractivity contribution in [3.05, 3.63) is 59.2 Å². The molecule has 2 rings (SSSR count). The average Bonchev–Trinajstić information content (AvgIpc) is 2.75. The van der Waals surface area contributed by atoms with E-state index in [9.17, 15) is 4.79 Å². The summed E-state index contributed by atoms with van der Waals surface area (Å²) in [5.41, 5.74) is 2.34. The first kappa shape index (κ1) is 22.5. The SMILES string of the molecule is CCc1cc(C=O)c(OCc2ccccc2)cc1OCCCCCC(C)(C)C#N. The number of hydrogen-bond acceptors (Lipinski definition) is 4. The summed E-state index contributed by atoms with van der Waals surface area (Å²) in [6.07, 6.45) is 5.48. The summed E-state index contributed by atoms with van der Waals surface area (Å²) < 4.78 is 11.9. The third-order valence-corrected chi connectivity index (χ3v) is 4.94. The number of aldehydes is 1. The molecule has 0 unspecified atom stereocenters. The van der Waals surface area contributed by atoms with Gasteiger partial charge in [-0.05, 0) is 50.3 Å². The van der Waals surface area contributed by atoms with Gasteiger partial charge in [-0.25, -0.2) is 0 Å². The smallest absolute Gasteiger partial charge is 0.153 e. The number of rotatable bonds is 12. The van der Waals surface area contributed by atoms with Crippen molar-refractivity contribution in [1.29, 1.82) is 5.26 Å². The van der Waals surface area contributed by atoms with Crippen molar-refractivity contribution in [3.8, 4) is 17.6 Å². The molecule has 0 heterocycles.